The van der Waals surface area contributed by atoms with Crippen molar-refractivity contribution in [1.29, 1.82) is 0 Å². The predicted octanol–water partition coefficient (Wildman–Crippen LogP) is 4.74. The van der Waals surface area contributed by atoms with Gasteiger partial charge in [-0.05, 0) is 13.0 Å². The molecule has 1 aromatic rings. The van der Waals surface area contributed by atoms with Gasteiger partial charge in [0, 0.05) is 0 Å². The first-order chi connectivity index (χ1) is 8.14. The van der Waals surface area contributed by atoms with Crippen LogP contribution in [0.15, 0.2) is 42.5 Å². The molecule has 1 heteroatoms. The van der Waals surface area contributed by atoms with Crippen LogP contribution in [0.2, 0.25) is 18.1 Å². The lowest BCUT2D eigenvalue weighted by Gasteiger charge is -2.32. The monoisotopic (exact) mass is 246 g/mol. The SMILES string of the molecule is C=C(C)C[Si](CCC)(CCC)c1ccccc1. The summed E-state index contributed by atoms with van der Waals surface area (Å²) < 4.78 is 0. The first kappa shape index (κ1) is 14.2. The van der Waals surface area contributed by atoms with E-state index in [2.05, 4.69) is 57.7 Å². The largest absolute Gasteiger partial charge is 0.100 e. The molecule has 0 aliphatic rings. The molecule has 0 saturated carbocycles. The normalized spacial score (nSPS) is 11.5. The lowest BCUT2D eigenvalue weighted by Crippen LogP contribution is -2.47. The first-order valence-electron chi connectivity index (χ1n) is 6.84. The Balaban J connectivity index is 3.09. The van der Waals surface area contributed by atoms with Gasteiger partial charge in [-0.1, -0.05) is 79.9 Å². The zero-order valence-corrected chi connectivity index (χ0v) is 12.6. The smallest absolute Gasteiger partial charge is 0.0906 e. The summed E-state index contributed by atoms with van der Waals surface area (Å²) in [7, 11) is -1.33. The summed E-state index contributed by atoms with van der Waals surface area (Å²) in [6.45, 7) is 11.0. The Bertz CT molecular complexity index is 334. The Morgan fingerprint density at radius 3 is 2.00 bits per heavy atom. The van der Waals surface area contributed by atoms with Crippen LogP contribution in [0.25, 0.3) is 0 Å². The molecule has 0 fully saturated rings. The highest BCUT2D eigenvalue weighted by Crippen LogP contribution is 2.27. The minimum Gasteiger partial charge on any atom is -0.100 e. The van der Waals surface area contributed by atoms with E-state index in [9.17, 15) is 0 Å². The lowest BCUT2D eigenvalue weighted by atomic mass is 10.4. The topological polar surface area (TPSA) is 0 Å². The van der Waals surface area contributed by atoms with Crippen LogP contribution in [0, 0.1) is 0 Å². The quantitative estimate of drug-likeness (QED) is 0.481. The van der Waals surface area contributed by atoms with Crippen LogP contribution in [0.1, 0.15) is 33.6 Å². The fourth-order valence-electron chi connectivity index (χ4n) is 3.02. The van der Waals surface area contributed by atoms with E-state index in [1.54, 1.807) is 5.19 Å². The van der Waals surface area contributed by atoms with Crippen molar-refractivity contribution in [3.63, 3.8) is 0 Å². The van der Waals surface area contributed by atoms with Gasteiger partial charge in [0.15, 0.2) is 0 Å². The Kier molecular flexibility index (Phi) is 5.70. The Morgan fingerprint density at radius 2 is 1.59 bits per heavy atom. The molecule has 0 aliphatic heterocycles. The van der Waals surface area contributed by atoms with Crippen molar-refractivity contribution in [1.82, 2.24) is 0 Å². The molecule has 0 bridgehead atoms. The molecule has 0 atom stereocenters. The van der Waals surface area contributed by atoms with Gasteiger partial charge in [0.25, 0.3) is 0 Å². The second-order valence-corrected chi connectivity index (χ2v) is 9.77. The van der Waals surface area contributed by atoms with E-state index >= 15 is 0 Å². The van der Waals surface area contributed by atoms with Gasteiger partial charge in [0.1, 0.15) is 0 Å². The molecule has 1 rings (SSSR count). The second kappa shape index (κ2) is 6.80. The third-order valence-corrected chi connectivity index (χ3v) is 9.24. The summed E-state index contributed by atoms with van der Waals surface area (Å²) in [6.07, 6.45) is 2.60. The fourth-order valence-corrected chi connectivity index (χ4v) is 8.37. The highest BCUT2D eigenvalue weighted by atomic mass is 28.3. The summed E-state index contributed by atoms with van der Waals surface area (Å²) in [5.74, 6) is 0. The van der Waals surface area contributed by atoms with Crippen molar-refractivity contribution in [3.8, 4) is 0 Å². The molecule has 94 valence electrons. The molecule has 0 radical (unpaired) electrons. The van der Waals surface area contributed by atoms with Crippen LogP contribution in [0.3, 0.4) is 0 Å². The van der Waals surface area contributed by atoms with Gasteiger partial charge in [0.2, 0.25) is 0 Å². The molecule has 0 heterocycles. The highest BCUT2D eigenvalue weighted by molar-refractivity contribution is 6.92. The maximum Gasteiger partial charge on any atom is 0.0906 e. The number of benzene rings is 1. The van der Waals surface area contributed by atoms with E-state index in [0.29, 0.717) is 0 Å². The molecular formula is C16H26Si. The fraction of sp³-hybridized carbons (Fsp3) is 0.500. The highest BCUT2D eigenvalue weighted by Gasteiger charge is 2.32. The van der Waals surface area contributed by atoms with Gasteiger partial charge in [-0.15, -0.1) is 6.58 Å². The van der Waals surface area contributed by atoms with Gasteiger partial charge in [-0.25, -0.2) is 0 Å². The number of hydrogen-bond acceptors (Lipinski definition) is 0. The van der Waals surface area contributed by atoms with Gasteiger partial charge in [0.05, 0.1) is 8.07 Å². The van der Waals surface area contributed by atoms with Gasteiger partial charge < -0.3 is 0 Å². The Morgan fingerprint density at radius 1 is 1.06 bits per heavy atom. The lowest BCUT2D eigenvalue weighted by molar-refractivity contribution is 0.975. The third-order valence-electron chi connectivity index (χ3n) is 3.48. The molecule has 0 aromatic heterocycles. The second-order valence-electron chi connectivity index (χ2n) is 5.28. The summed E-state index contributed by atoms with van der Waals surface area (Å²) in [4.78, 5) is 0. The van der Waals surface area contributed by atoms with Gasteiger partial charge in [-0.2, -0.15) is 0 Å². The molecule has 0 N–H and O–H groups in total. The molecule has 1 aromatic carbocycles. The Hall–Kier alpha value is -0.823. The molecule has 0 unspecified atom stereocenters. The van der Waals surface area contributed by atoms with Crippen LogP contribution in [-0.2, 0) is 0 Å². The molecule has 0 amide bonds. The zero-order valence-electron chi connectivity index (χ0n) is 11.6. The summed E-state index contributed by atoms with van der Waals surface area (Å²) in [5.41, 5.74) is 1.36. The number of allylic oxidation sites excluding steroid dienone is 1. The predicted molar refractivity (Wildman–Crippen MR) is 81.6 cm³/mol. The van der Waals surface area contributed by atoms with Crippen molar-refractivity contribution < 1.29 is 0 Å². The van der Waals surface area contributed by atoms with Crippen LogP contribution in [0.4, 0.5) is 0 Å². The van der Waals surface area contributed by atoms with Crippen LogP contribution in [-0.4, -0.2) is 8.07 Å². The van der Waals surface area contributed by atoms with E-state index in [1.165, 1.54) is 36.5 Å². The van der Waals surface area contributed by atoms with E-state index < -0.39 is 8.07 Å². The molecule has 0 aliphatic carbocycles. The van der Waals surface area contributed by atoms with Gasteiger partial charge in [-0.3, -0.25) is 0 Å². The maximum absolute atomic E-state index is 4.16. The summed E-state index contributed by atoms with van der Waals surface area (Å²) >= 11 is 0. The third kappa shape index (κ3) is 3.85. The van der Waals surface area contributed by atoms with Crippen LogP contribution in [0.5, 0.6) is 0 Å². The molecule has 0 saturated heterocycles. The minimum atomic E-state index is -1.33. The van der Waals surface area contributed by atoms with Crippen LogP contribution < -0.4 is 5.19 Å². The number of hydrogen-bond donors (Lipinski definition) is 0. The van der Waals surface area contributed by atoms with Crippen LogP contribution >= 0.6 is 0 Å². The minimum absolute atomic E-state index is 1.26. The Labute approximate surface area is 108 Å². The van der Waals surface area contributed by atoms with Gasteiger partial charge >= 0.3 is 0 Å². The summed E-state index contributed by atoms with van der Waals surface area (Å²) in [6, 6.07) is 15.3. The van der Waals surface area contributed by atoms with E-state index in [-0.39, 0.29) is 0 Å². The standard InChI is InChI=1S/C16H26Si/c1-5-12-17(13-6-2,14-15(3)4)16-10-8-7-9-11-16/h7-11H,3,5-6,12-14H2,1-2,4H3. The van der Waals surface area contributed by atoms with E-state index in [0.717, 1.165) is 0 Å². The molecule has 17 heavy (non-hydrogen) atoms. The van der Waals surface area contributed by atoms with Crippen molar-refractivity contribution in [2.24, 2.45) is 0 Å². The number of rotatable bonds is 7. The van der Waals surface area contributed by atoms with Crippen molar-refractivity contribution in [3.05, 3.63) is 42.5 Å². The molecular weight excluding hydrogens is 220 g/mol. The van der Waals surface area contributed by atoms with E-state index in [4.69, 9.17) is 0 Å². The zero-order chi connectivity index (χ0) is 12.7. The average Bonchev–Trinajstić information content (AvgIpc) is 2.30. The maximum atomic E-state index is 4.16. The van der Waals surface area contributed by atoms with Crippen molar-refractivity contribution in [2.75, 3.05) is 0 Å². The molecule has 0 nitrogen and oxygen atoms in total. The summed E-state index contributed by atoms with van der Waals surface area (Å²) in [5, 5.41) is 1.63. The van der Waals surface area contributed by atoms with Crippen molar-refractivity contribution in [2.45, 2.75) is 51.7 Å². The first-order valence-corrected chi connectivity index (χ1v) is 9.46. The molecule has 0 spiro atoms. The van der Waals surface area contributed by atoms with E-state index in [1.807, 2.05) is 0 Å². The van der Waals surface area contributed by atoms with Crippen molar-refractivity contribution >= 4 is 13.3 Å². The average molecular weight is 246 g/mol.